The first kappa shape index (κ1) is 12.9. The summed E-state index contributed by atoms with van der Waals surface area (Å²) in [6, 6.07) is 0.720. The molecule has 0 bridgehead atoms. The third-order valence-corrected chi connectivity index (χ3v) is 3.18. The number of ether oxygens (including phenoxy) is 1. The Morgan fingerprint density at radius 3 is 2.73 bits per heavy atom. The van der Waals surface area contributed by atoms with Crippen molar-refractivity contribution in [3.63, 3.8) is 0 Å². The lowest BCUT2D eigenvalue weighted by Gasteiger charge is -2.19. The number of hydrogen-bond donors (Lipinski definition) is 1. The van der Waals surface area contributed by atoms with Crippen LogP contribution in [0.25, 0.3) is 0 Å². The fraction of sp³-hybridized carbons (Fsp3) is 1.00. The van der Waals surface area contributed by atoms with Crippen molar-refractivity contribution in [1.29, 1.82) is 0 Å². The minimum Gasteiger partial charge on any atom is -0.385 e. The Morgan fingerprint density at radius 1 is 1.40 bits per heavy atom. The lowest BCUT2D eigenvalue weighted by Crippen LogP contribution is -2.35. The van der Waals surface area contributed by atoms with Gasteiger partial charge in [0.1, 0.15) is 0 Å². The van der Waals surface area contributed by atoms with Crippen LogP contribution in [0.1, 0.15) is 26.2 Å². The van der Waals surface area contributed by atoms with Crippen molar-refractivity contribution in [2.24, 2.45) is 5.92 Å². The van der Waals surface area contributed by atoms with E-state index in [-0.39, 0.29) is 0 Å². The largest absolute Gasteiger partial charge is 0.385 e. The number of likely N-dealkylation sites (N-methyl/N-ethyl adjacent to an activating group) is 1. The van der Waals surface area contributed by atoms with E-state index >= 15 is 0 Å². The predicted octanol–water partition coefficient (Wildman–Crippen LogP) is 1.34. The first-order valence-electron chi connectivity index (χ1n) is 6.15. The minimum atomic E-state index is 0.720. The van der Waals surface area contributed by atoms with Crippen molar-refractivity contribution in [3.05, 3.63) is 0 Å². The second-order valence-corrected chi connectivity index (χ2v) is 4.73. The van der Waals surface area contributed by atoms with Crippen LogP contribution in [0.5, 0.6) is 0 Å². The standard InChI is InChI=1S/C12H26N2O/c1-11(12-5-6-12)13-7-9-14(2)8-4-10-15-3/h11-13H,4-10H2,1-3H3. The molecule has 0 aromatic carbocycles. The molecule has 1 saturated carbocycles. The van der Waals surface area contributed by atoms with Crippen LogP contribution in [0, 0.1) is 5.92 Å². The summed E-state index contributed by atoms with van der Waals surface area (Å²) < 4.78 is 5.03. The smallest absolute Gasteiger partial charge is 0.0474 e. The summed E-state index contributed by atoms with van der Waals surface area (Å²) in [5, 5.41) is 3.59. The zero-order chi connectivity index (χ0) is 11.1. The quantitative estimate of drug-likeness (QED) is 0.586. The van der Waals surface area contributed by atoms with Crippen molar-refractivity contribution in [3.8, 4) is 0 Å². The average Bonchev–Trinajstić information content (AvgIpc) is 3.01. The molecular weight excluding hydrogens is 188 g/mol. The van der Waals surface area contributed by atoms with Crippen molar-refractivity contribution in [2.45, 2.75) is 32.2 Å². The van der Waals surface area contributed by atoms with Crippen LogP contribution in [0.15, 0.2) is 0 Å². The SMILES string of the molecule is COCCCN(C)CCNC(C)C1CC1. The van der Waals surface area contributed by atoms with Crippen molar-refractivity contribution < 1.29 is 4.74 Å². The van der Waals surface area contributed by atoms with Gasteiger partial charge in [-0.25, -0.2) is 0 Å². The second kappa shape index (κ2) is 7.20. The summed E-state index contributed by atoms with van der Waals surface area (Å²) in [4.78, 5) is 2.37. The predicted molar refractivity (Wildman–Crippen MR) is 64.2 cm³/mol. The highest BCUT2D eigenvalue weighted by Gasteiger charge is 2.27. The number of rotatable bonds is 9. The van der Waals surface area contributed by atoms with E-state index in [1.807, 2.05) is 0 Å². The Hall–Kier alpha value is -0.120. The van der Waals surface area contributed by atoms with Crippen LogP contribution in [-0.2, 0) is 4.74 Å². The molecule has 1 aliphatic rings. The Morgan fingerprint density at radius 2 is 2.13 bits per heavy atom. The zero-order valence-corrected chi connectivity index (χ0v) is 10.5. The van der Waals surface area contributed by atoms with Crippen LogP contribution in [0.4, 0.5) is 0 Å². The van der Waals surface area contributed by atoms with Gasteiger partial charge in [-0.1, -0.05) is 0 Å². The van der Waals surface area contributed by atoms with Crippen LogP contribution >= 0.6 is 0 Å². The first-order valence-corrected chi connectivity index (χ1v) is 6.15. The van der Waals surface area contributed by atoms with Crippen molar-refractivity contribution in [1.82, 2.24) is 10.2 Å². The Balaban J connectivity index is 1.89. The molecule has 1 aliphatic carbocycles. The topological polar surface area (TPSA) is 24.5 Å². The highest BCUT2D eigenvalue weighted by atomic mass is 16.5. The summed E-state index contributed by atoms with van der Waals surface area (Å²) in [6.45, 7) is 6.56. The van der Waals surface area contributed by atoms with E-state index in [2.05, 4.69) is 24.2 Å². The minimum absolute atomic E-state index is 0.720. The molecule has 0 radical (unpaired) electrons. The third kappa shape index (κ3) is 6.13. The van der Waals surface area contributed by atoms with Gasteiger partial charge in [0.05, 0.1) is 0 Å². The van der Waals surface area contributed by atoms with E-state index in [4.69, 9.17) is 4.74 Å². The van der Waals surface area contributed by atoms with Crippen molar-refractivity contribution in [2.75, 3.05) is 40.4 Å². The molecule has 0 aliphatic heterocycles. The molecule has 1 N–H and O–H groups in total. The lowest BCUT2D eigenvalue weighted by molar-refractivity contribution is 0.179. The van der Waals surface area contributed by atoms with E-state index in [1.54, 1.807) is 7.11 Å². The molecule has 0 heterocycles. The second-order valence-electron chi connectivity index (χ2n) is 4.73. The van der Waals surface area contributed by atoms with Crippen LogP contribution in [0.2, 0.25) is 0 Å². The molecule has 1 atom stereocenters. The molecule has 0 aromatic heterocycles. The van der Waals surface area contributed by atoms with E-state index in [1.165, 1.54) is 12.8 Å². The first-order chi connectivity index (χ1) is 7.24. The molecule has 1 unspecified atom stereocenters. The lowest BCUT2D eigenvalue weighted by atomic mass is 10.2. The summed E-state index contributed by atoms with van der Waals surface area (Å²) in [5.74, 6) is 0.962. The van der Waals surface area contributed by atoms with Gasteiger partial charge in [0.25, 0.3) is 0 Å². The van der Waals surface area contributed by atoms with Crippen LogP contribution < -0.4 is 5.32 Å². The maximum Gasteiger partial charge on any atom is 0.0474 e. The molecule has 90 valence electrons. The van der Waals surface area contributed by atoms with Gasteiger partial charge in [-0.05, 0) is 39.2 Å². The Kier molecular flexibility index (Phi) is 6.22. The Bertz CT molecular complexity index is 160. The molecule has 3 heteroatoms. The van der Waals surface area contributed by atoms with Crippen LogP contribution in [0.3, 0.4) is 0 Å². The van der Waals surface area contributed by atoms with Gasteiger partial charge >= 0.3 is 0 Å². The number of methoxy groups -OCH3 is 1. The summed E-state index contributed by atoms with van der Waals surface area (Å²) in [5.41, 5.74) is 0. The fourth-order valence-electron chi connectivity index (χ4n) is 1.84. The molecule has 3 nitrogen and oxygen atoms in total. The van der Waals surface area contributed by atoms with E-state index in [0.29, 0.717) is 0 Å². The molecule has 15 heavy (non-hydrogen) atoms. The molecular formula is C12H26N2O. The highest BCUT2D eigenvalue weighted by Crippen LogP contribution is 2.32. The maximum absolute atomic E-state index is 5.03. The summed E-state index contributed by atoms with van der Waals surface area (Å²) in [6.07, 6.45) is 3.99. The van der Waals surface area contributed by atoms with E-state index in [9.17, 15) is 0 Å². The number of nitrogens with zero attached hydrogens (tertiary/aromatic N) is 1. The van der Waals surface area contributed by atoms with Gasteiger partial charge in [0.2, 0.25) is 0 Å². The summed E-state index contributed by atoms with van der Waals surface area (Å²) >= 11 is 0. The van der Waals surface area contributed by atoms with Gasteiger partial charge in [0.15, 0.2) is 0 Å². The fourth-order valence-corrected chi connectivity index (χ4v) is 1.84. The van der Waals surface area contributed by atoms with Gasteiger partial charge in [-0.3, -0.25) is 0 Å². The van der Waals surface area contributed by atoms with Crippen LogP contribution in [-0.4, -0.2) is 51.3 Å². The molecule has 1 fully saturated rings. The molecule has 1 rings (SSSR count). The molecule has 0 amide bonds. The van der Waals surface area contributed by atoms with Gasteiger partial charge in [-0.15, -0.1) is 0 Å². The van der Waals surface area contributed by atoms with Gasteiger partial charge < -0.3 is 15.0 Å². The maximum atomic E-state index is 5.03. The van der Waals surface area contributed by atoms with Gasteiger partial charge in [0, 0.05) is 39.4 Å². The van der Waals surface area contributed by atoms with Gasteiger partial charge in [-0.2, -0.15) is 0 Å². The number of nitrogens with one attached hydrogen (secondary N) is 1. The Labute approximate surface area is 94.2 Å². The molecule has 0 saturated heterocycles. The monoisotopic (exact) mass is 214 g/mol. The normalized spacial score (nSPS) is 18.4. The van der Waals surface area contributed by atoms with Crippen molar-refractivity contribution >= 4 is 0 Å². The van der Waals surface area contributed by atoms with E-state index in [0.717, 1.165) is 44.6 Å². The zero-order valence-electron chi connectivity index (χ0n) is 10.5. The molecule has 0 aromatic rings. The third-order valence-electron chi connectivity index (χ3n) is 3.18. The summed E-state index contributed by atoms with van der Waals surface area (Å²) in [7, 11) is 3.94. The highest BCUT2D eigenvalue weighted by molar-refractivity contribution is 4.83. The molecule has 0 spiro atoms. The number of hydrogen-bond acceptors (Lipinski definition) is 3. The average molecular weight is 214 g/mol. The van der Waals surface area contributed by atoms with E-state index < -0.39 is 0 Å².